The van der Waals surface area contributed by atoms with Crippen molar-refractivity contribution >= 4 is 6.03 Å². The summed E-state index contributed by atoms with van der Waals surface area (Å²) in [6, 6.07) is 2.03. The van der Waals surface area contributed by atoms with Crippen molar-refractivity contribution in [2.45, 2.75) is 25.7 Å². The summed E-state index contributed by atoms with van der Waals surface area (Å²) in [6.07, 6.45) is 3.78. The number of amides is 2. The van der Waals surface area contributed by atoms with E-state index in [1.165, 1.54) is 0 Å². The lowest BCUT2D eigenvalue weighted by Crippen LogP contribution is -2.50. The molecule has 2 aromatic heterocycles. The van der Waals surface area contributed by atoms with Crippen LogP contribution in [0.3, 0.4) is 0 Å². The molecule has 2 aromatic rings. The number of likely N-dealkylation sites (tertiary alicyclic amines) is 1. The molecule has 0 bridgehead atoms. The van der Waals surface area contributed by atoms with Crippen molar-refractivity contribution in [1.82, 2.24) is 25.2 Å². The minimum Gasteiger partial charge on any atom is -0.378 e. The molecule has 0 spiro atoms. The van der Waals surface area contributed by atoms with Crippen LogP contribution in [0.15, 0.2) is 16.8 Å². The van der Waals surface area contributed by atoms with Gasteiger partial charge in [-0.2, -0.15) is 5.10 Å². The Balaban J connectivity index is 1.50. The highest BCUT2D eigenvalue weighted by Crippen LogP contribution is 2.33. The van der Waals surface area contributed by atoms with Gasteiger partial charge in [0.1, 0.15) is 0 Å². The second-order valence-electron chi connectivity index (χ2n) is 6.70. The molecule has 0 aromatic carbocycles. The number of aromatic nitrogens is 3. The maximum atomic E-state index is 12.8. The number of aromatic amines is 1. The van der Waals surface area contributed by atoms with E-state index in [2.05, 4.69) is 15.4 Å². The number of urea groups is 1. The van der Waals surface area contributed by atoms with E-state index in [9.17, 15) is 4.79 Å². The van der Waals surface area contributed by atoms with Crippen LogP contribution in [0.4, 0.5) is 4.79 Å². The summed E-state index contributed by atoms with van der Waals surface area (Å²) in [7, 11) is 0. The molecule has 2 aliphatic heterocycles. The summed E-state index contributed by atoms with van der Waals surface area (Å²) in [5.41, 5.74) is 2.80. The lowest BCUT2D eigenvalue weighted by molar-refractivity contribution is 0.0408. The smallest absolute Gasteiger partial charge is 0.320 e. The SMILES string of the molecule is Cc1cc(-c2cn[nH]c2[C@H]2CCCN(C(=O)N3CCOCC3)C2)on1. The van der Waals surface area contributed by atoms with Crippen molar-refractivity contribution in [2.24, 2.45) is 0 Å². The van der Waals surface area contributed by atoms with Crippen molar-refractivity contribution in [2.75, 3.05) is 39.4 Å². The van der Waals surface area contributed by atoms with E-state index in [1.54, 1.807) is 6.20 Å². The number of hydrogen-bond donors (Lipinski definition) is 1. The first-order valence-corrected chi connectivity index (χ1v) is 8.81. The van der Waals surface area contributed by atoms with Crippen LogP contribution in [-0.2, 0) is 4.74 Å². The van der Waals surface area contributed by atoms with E-state index in [4.69, 9.17) is 9.26 Å². The third-order valence-corrected chi connectivity index (χ3v) is 4.94. The summed E-state index contributed by atoms with van der Waals surface area (Å²) in [4.78, 5) is 16.6. The summed E-state index contributed by atoms with van der Waals surface area (Å²) < 4.78 is 10.7. The maximum Gasteiger partial charge on any atom is 0.320 e. The lowest BCUT2D eigenvalue weighted by Gasteiger charge is -2.37. The van der Waals surface area contributed by atoms with Crippen LogP contribution in [-0.4, -0.2) is 70.6 Å². The number of carbonyl (C=O) groups excluding carboxylic acids is 1. The number of nitrogens with zero attached hydrogens (tertiary/aromatic N) is 4. The van der Waals surface area contributed by atoms with Gasteiger partial charge in [-0.05, 0) is 19.8 Å². The minimum absolute atomic E-state index is 0.115. The lowest BCUT2D eigenvalue weighted by atomic mass is 9.92. The van der Waals surface area contributed by atoms with Gasteiger partial charge in [-0.3, -0.25) is 5.10 Å². The molecule has 1 atom stereocenters. The molecule has 4 rings (SSSR count). The quantitative estimate of drug-likeness (QED) is 0.899. The molecule has 8 heteroatoms. The summed E-state index contributed by atoms with van der Waals surface area (Å²) in [5.74, 6) is 0.944. The average molecular weight is 345 g/mol. The zero-order chi connectivity index (χ0) is 17.2. The van der Waals surface area contributed by atoms with Crippen molar-refractivity contribution < 1.29 is 14.1 Å². The Morgan fingerprint density at radius 1 is 1.28 bits per heavy atom. The number of rotatable bonds is 2. The van der Waals surface area contributed by atoms with Crippen LogP contribution in [0, 0.1) is 6.92 Å². The van der Waals surface area contributed by atoms with E-state index >= 15 is 0 Å². The Hall–Kier alpha value is -2.35. The topological polar surface area (TPSA) is 87.5 Å². The highest BCUT2D eigenvalue weighted by molar-refractivity contribution is 5.75. The molecule has 8 nitrogen and oxygen atoms in total. The second kappa shape index (κ2) is 6.87. The normalized spacial score (nSPS) is 21.6. The van der Waals surface area contributed by atoms with Gasteiger partial charge in [0.25, 0.3) is 0 Å². The molecular weight excluding hydrogens is 322 g/mol. The molecule has 0 unspecified atom stereocenters. The fraction of sp³-hybridized carbons (Fsp3) is 0.588. The Morgan fingerprint density at radius 2 is 2.12 bits per heavy atom. The molecule has 0 saturated carbocycles. The maximum absolute atomic E-state index is 12.8. The molecule has 134 valence electrons. The van der Waals surface area contributed by atoms with Crippen LogP contribution in [0.1, 0.15) is 30.1 Å². The number of carbonyl (C=O) groups is 1. The van der Waals surface area contributed by atoms with Crippen LogP contribution in [0.25, 0.3) is 11.3 Å². The predicted octanol–water partition coefficient (Wildman–Crippen LogP) is 2.00. The Bertz CT molecular complexity index is 734. The largest absolute Gasteiger partial charge is 0.378 e. The summed E-state index contributed by atoms with van der Waals surface area (Å²) in [5, 5.41) is 11.3. The number of aryl methyl sites for hydroxylation is 1. The van der Waals surface area contributed by atoms with Gasteiger partial charge >= 0.3 is 6.03 Å². The van der Waals surface area contributed by atoms with E-state index in [0.717, 1.165) is 42.1 Å². The highest BCUT2D eigenvalue weighted by Gasteiger charge is 2.31. The van der Waals surface area contributed by atoms with Gasteiger partial charge in [-0.25, -0.2) is 4.79 Å². The van der Waals surface area contributed by atoms with E-state index < -0.39 is 0 Å². The molecule has 0 aliphatic carbocycles. The fourth-order valence-electron chi connectivity index (χ4n) is 3.64. The van der Waals surface area contributed by atoms with Gasteiger partial charge in [0.15, 0.2) is 5.76 Å². The van der Waals surface area contributed by atoms with Crippen molar-refractivity contribution in [3.63, 3.8) is 0 Å². The zero-order valence-electron chi connectivity index (χ0n) is 14.4. The molecule has 2 aliphatic rings. The molecular formula is C17H23N5O3. The first-order valence-electron chi connectivity index (χ1n) is 8.81. The highest BCUT2D eigenvalue weighted by atomic mass is 16.5. The van der Waals surface area contributed by atoms with Gasteiger partial charge in [0, 0.05) is 38.2 Å². The van der Waals surface area contributed by atoms with Gasteiger partial charge in [-0.1, -0.05) is 5.16 Å². The Kier molecular flexibility index (Phi) is 4.44. The second-order valence-corrected chi connectivity index (χ2v) is 6.70. The van der Waals surface area contributed by atoms with E-state index in [1.807, 2.05) is 22.8 Å². The third kappa shape index (κ3) is 3.26. The molecule has 2 amide bonds. The molecule has 1 N–H and O–H groups in total. The van der Waals surface area contributed by atoms with Crippen molar-refractivity contribution in [3.05, 3.63) is 23.7 Å². The van der Waals surface area contributed by atoms with E-state index in [0.29, 0.717) is 32.8 Å². The van der Waals surface area contributed by atoms with Gasteiger partial charge in [0.2, 0.25) is 0 Å². The van der Waals surface area contributed by atoms with Gasteiger partial charge in [-0.15, -0.1) is 0 Å². The van der Waals surface area contributed by atoms with Crippen LogP contribution >= 0.6 is 0 Å². The minimum atomic E-state index is 0.115. The Labute approximate surface area is 146 Å². The predicted molar refractivity (Wildman–Crippen MR) is 90.2 cm³/mol. The van der Waals surface area contributed by atoms with Crippen LogP contribution in [0.5, 0.6) is 0 Å². The first-order chi connectivity index (χ1) is 12.2. The number of morpholine rings is 1. The molecule has 0 radical (unpaired) electrons. The number of piperidine rings is 1. The average Bonchev–Trinajstić information content (AvgIpc) is 3.30. The number of hydrogen-bond acceptors (Lipinski definition) is 5. The van der Waals surface area contributed by atoms with Crippen molar-refractivity contribution in [3.8, 4) is 11.3 Å². The standard InChI is InChI=1S/C17H23N5O3/c1-12-9-15(25-20-12)14-10-18-19-16(14)13-3-2-4-22(11-13)17(23)21-5-7-24-8-6-21/h9-10,13H,2-8,11H2,1H3,(H,18,19)/t13-/m0/s1. The monoisotopic (exact) mass is 345 g/mol. The fourth-order valence-corrected chi connectivity index (χ4v) is 3.64. The number of H-pyrrole nitrogens is 1. The zero-order valence-corrected chi connectivity index (χ0v) is 14.4. The summed E-state index contributed by atoms with van der Waals surface area (Å²) in [6.45, 7) is 5.99. The van der Waals surface area contributed by atoms with Crippen LogP contribution < -0.4 is 0 Å². The van der Waals surface area contributed by atoms with Gasteiger partial charge < -0.3 is 19.1 Å². The number of nitrogens with one attached hydrogen (secondary N) is 1. The first kappa shape index (κ1) is 16.1. The summed E-state index contributed by atoms with van der Waals surface area (Å²) >= 11 is 0. The van der Waals surface area contributed by atoms with Crippen molar-refractivity contribution in [1.29, 1.82) is 0 Å². The molecule has 25 heavy (non-hydrogen) atoms. The molecule has 4 heterocycles. The van der Waals surface area contributed by atoms with Gasteiger partial charge in [0.05, 0.1) is 36.4 Å². The van der Waals surface area contributed by atoms with E-state index in [-0.39, 0.29) is 11.9 Å². The molecule has 2 saturated heterocycles. The Morgan fingerprint density at radius 3 is 2.88 bits per heavy atom. The molecule has 2 fully saturated rings. The third-order valence-electron chi connectivity index (χ3n) is 4.94. The number of ether oxygens (including phenoxy) is 1. The van der Waals surface area contributed by atoms with Crippen LogP contribution in [0.2, 0.25) is 0 Å².